The Kier molecular flexibility index (Phi) is 5.03. The zero-order valence-electron chi connectivity index (χ0n) is 11.1. The second-order valence-electron chi connectivity index (χ2n) is 4.36. The maximum absolute atomic E-state index is 6.12. The molecule has 0 saturated heterocycles. The Morgan fingerprint density at radius 2 is 1.55 bits per heavy atom. The van der Waals surface area contributed by atoms with Gasteiger partial charge in [-0.15, -0.1) is 0 Å². The summed E-state index contributed by atoms with van der Waals surface area (Å²) in [6.07, 6.45) is -0.228. The molecule has 0 aliphatic heterocycles. The number of hydrogen-bond acceptors (Lipinski definition) is 2. The molecule has 0 saturated carbocycles. The molecule has 0 radical (unpaired) electrons. The largest absolute Gasteiger partial charge is 0.468 e. The summed E-state index contributed by atoms with van der Waals surface area (Å²) < 4.78 is 5.85. The third-order valence-corrected chi connectivity index (χ3v) is 3.74. The summed E-state index contributed by atoms with van der Waals surface area (Å²) in [4.78, 5) is 1.99. The minimum absolute atomic E-state index is 0.228. The molecular weight excluding hydrogens is 317 g/mol. The van der Waals surface area contributed by atoms with Gasteiger partial charge in [-0.05, 0) is 31.2 Å². The molecule has 0 aliphatic carbocycles. The highest BCUT2D eigenvalue weighted by Gasteiger charge is 2.16. The zero-order chi connectivity index (χ0) is 14.7. The topological polar surface area (TPSA) is 12.5 Å². The molecule has 0 amide bonds. The van der Waals surface area contributed by atoms with Crippen LogP contribution in [0.4, 0.5) is 5.69 Å². The normalized spacial score (nSPS) is 12.1. The van der Waals surface area contributed by atoms with Gasteiger partial charge < -0.3 is 9.64 Å². The van der Waals surface area contributed by atoms with Crippen molar-refractivity contribution in [3.63, 3.8) is 0 Å². The molecule has 0 fully saturated rings. The molecule has 1 unspecified atom stereocenters. The minimum atomic E-state index is -0.228. The van der Waals surface area contributed by atoms with Crippen LogP contribution in [0.25, 0.3) is 0 Å². The predicted octanol–water partition coefficient (Wildman–Crippen LogP) is 5.51. The molecule has 0 bridgehead atoms. The second-order valence-corrected chi connectivity index (χ2v) is 5.61. The lowest BCUT2D eigenvalue weighted by Gasteiger charge is -2.28. The molecule has 0 spiro atoms. The fraction of sp³-hybridized carbons (Fsp3) is 0.200. The van der Waals surface area contributed by atoms with Gasteiger partial charge in [-0.1, -0.05) is 53.0 Å². The van der Waals surface area contributed by atoms with Gasteiger partial charge in [0.2, 0.25) is 0 Å². The Morgan fingerprint density at radius 1 is 1.00 bits per heavy atom. The molecule has 106 valence electrons. The molecule has 0 N–H and O–H groups in total. The van der Waals surface area contributed by atoms with E-state index in [9.17, 15) is 0 Å². The van der Waals surface area contributed by atoms with Gasteiger partial charge in [0.1, 0.15) is 0 Å². The molecular formula is C15H14Cl3NO. The molecule has 0 aromatic heterocycles. The first-order chi connectivity index (χ1) is 9.49. The van der Waals surface area contributed by atoms with Gasteiger partial charge in [-0.3, -0.25) is 0 Å². The lowest BCUT2D eigenvalue weighted by atomic mass is 10.3. The van der Waals surface area contributed by atoms with Crippen LogP contribution in [-0.2, 0) is 0 Å². The average Bonchev–Trinajstić information content (AvgIpc) is 2.42. The monoisotopic (exact) mass is 329 g/mol. The van der Waals surface area contributed by atoms with Crippen molar-refractivity contribution in [1.82, 2.24) is 0 Å². The smallest absolute Gasteiger partial charge is 0.169 e. The van der Waals surface area contributed by atoms with Crippen molar-refractivity contribution in [2.75, 3.05) is 11.9 Å². The summed E-state index contributed by atoms with van der Waals surface area (Å²) in [7, 11) is 1.94. The molecule has 0 heterocycles. The average molecular weight is 331 g/mol. The van der Waals surface area contributed by atoms with Gasteiger partial charge in [-0.25, -0.2) is 0 Å². The predicted molar refractivity (Wildman–Crippen MR) is 86.4 cm³/mol. The molecule has 5 heteroatoms. The van der Waals surface area contributed by atoms with Crippen LogP contribution in [0.3, 0.4) is 0 Å². The Labute approximate surface area is 133 Å². The summed E-state index contributed by atoms with van der Waals surface area (Å²) in [6.45, 7) is 1.92. The Bertz CT molecular complexity index is 566. The highest BCUT2D eigenvalue weighted by Crippen LogP contribution is 2.36. The highest BCUT2D eigenvalue weighted by atomic mass is 35.5. The van der Waals surface area contributed by atoms with Crippen LogP contribution in [0.15, 0.2) is 42.5 Å². The summed E-state index contributed by atoms with van der Waals surface area (Å²) >= 11 is 18.1. The molecule has 2 rings (SSSR count). The zero-order valence-corrected chi connectivity index (χ0v) is 13.4. The first-order valence-corrected chi connectivity index (χ1v) is 7.21. The van der Waals surface area contributed by atoms with Gasteiger partial charge in [0.05, 0.1) is 10.0 Å². The van der Waals surface area contributed by atoms with Crippen molar-refractivity contribution in [3.8, 4) is 5.75 Å². The lowest BCUT2D eigenvalue weighted by Crippen LogP contribution is -2.33. The Balaban J connectivity index is 2.18. The molecule has 2 aromatic rings. The SMILES string of the molecule is CC(Oc1c(Cl)cc(Cl)cc1Cl)N(C)c1ccccc1. The molecule has 2 aromatic carbocycles. The van der Waals surface area contributed by atoms with Gasteiger partial charge in [-0.2, -0.15) is 0 Å². The molecule has 0 aliphatic rings. The molecule has 2 nitrogen and oxygen atoms in total. The van der Waals surface area contributed by atoms with Crippen LogP contribution in [0.2, 0.25) is 15.1 Å². The maximum Gasteiger partial charge on any atom is 0.169 e. The summed E-state index contributed by atoms with van der Waals surface area (Å²) in [6, 6.07) is 13.1. The third kappa shape index (κ3) is 3.51. The summed E-state index contributed by atoms with van der Waals surface area (Å²) in [5, 5.41) is 1.28. The molecule has 20 heavy (non-hydrogen) atoms. The van der Waals surface area contributed by atoms with Gasteiger partial charge in [0.15, 0.2) is 12.0 Å². The van der Waals surface area contributed by atoms with Crippen molar-refractivity contribution in [1.29, 1.82) is 0 Å². The number of para-hydroxylation sites is 1. The first-order valence-electron chi connectivity index (χ1n) is 6.08. The van der Waals surface area contributed by atoms with E-state index in [1.54, 1.807) is 12.1 Å². The van der Waals surface area contributed by atoms with Crippen LogP contribution in [0, 0.1) is 0 Å². The van der Waals surface area contributed by atoms with E-state index in [1.165, 1.54) is 0 Å². The van der Waals surface area contributed by atoms with Crippen LogP contribution < -0.4 is 9.64 Å². The fourth-order valence-corrected chi connectivity index (χ4v) is 2.67. The van der Waals surface area contributed by atoms with E-state index in [4.69, 9.17) is 39.5 Å². The fourth-order valence-electron chi connectivity index (χ4n) is 1.76. The minimum Gasteiger partial charge on any atom is -0.468 e. The number of halogens is 3. The van der Waals surface area contributed by atoms with Crippen molar-refractivity contribution >= 4 is 40.5 Å². The van der Waals surface area contributed by atoms with E-state index in [0.717, 1.165) is 5.69 Å². The van der Waals surface area contributed by atoms with E-state index in [0.29, 0.717) is 20.8 Å². The van der Waals surface area contributed by atoms with Gasteiger partial charge >= 0.3 is 0 Å². The standard InChI is InChI=1S/C15H14Cl3NO/c1-10(19(2)12-6-4-3-5-7-12)20-15-13(17)8-11(16)9-14(15)18/h3-10H,1-2H3. The van der Waals surface area contributed by atoms with Crippen molar-refractivity contribution in [2.24, 2.45) is 0 Å². The van der Waals surface area contributed by atoms with Crippen molar-refractivity contribution < 1.29 is 4.74 Å². The van der Waals surface area contributed by atoms with E-state index < -0.39 is 0 Å². The van der Waals surface area contributed by atoms with Crippen LogP contribution in [0.5, 0.6) is 5.75 Å². The van der Waals surface area contributed by atoms with Crippen LogP contribution >= 0.6 is 34.8 Å². The number of benzene rings is 2. The van der Waals surface area contributed by atoms with E-state index in [1.807, 2.05) is 49.2 Å². The van der Waals surface area contributed by atoms with E-state index in [-0.39, 0.29) is 6.23 Å². The summed E-state index contributed by atoms with van der Waals surface area (Å²) in [5.74, 6) is 0.438. The molecule has 1 atom stereocenters. The third-order valence-electron chi connectivity index (χ3n) is 2.96. The van der Waals surface area contributed by atoms with Gasteiger partial charge in [0.25, 0.3) is 0 Å². The number of hydrogen-bond donors (Lipinski definition) is 0. The van der Waals surface area contributed by atoms with Crippen molar-refractivity contribution in [3.05, 3.63) is 57.5 Å². The maximum atomic E-state index is 6.12. The number of nitrogens with zero attached hydrogens (tertiary/aromatic N) is 1. The lowest BCUT2D eigenvalue weighted by molar-refractivity contribution is 0.222. The quantitative estimate of drug-likeness (QED) is 0.686. The second kappa shape index (κ2) is 6.57. The number of rotatable bonds is 4. The van der Waals surface area contributed by atoms with Crippen LogP contribution in [0.1, 0.15) is 6.92 Å². The Morgan fingerprint density at radius 3 is 2.10 bits per heavy atom. The first kappa shape index (κ1) is 15.3. The van der Waals surface area contributed by atoms with E-state index >= 15 is 0 Å². The van der Waals surface area contributed by atoms with Gasteiger partial charge in [0, 0.05) is 17.8 Å². The number of ether oxygens (including phenoxy) is 1. The van der Waals surface area contributed by atoms with E-state index in [2.05, 4.69) is 0 Å². The van der Waals surface area contributed by atoms with Crippen molar-refractivity contribution in [2.45, 2.75) is 13.2 Å². The number of anilines is 1. The highest BCUT2D eigenvalue weighted by molar-refractivity contribution is 6.40. The van der Waals surface area contributed by atoms with Crippen LogP contribution in [-0.4, -0.2) is 13.3 Å². The summed E-state index contributed by atoms with van der Waals surface area (Å²) in [5.41, 5.74) is 1.04. The Hall–Kier alpha value is -1.09.